The average molecular weight is 375 g/mol. The predicted octanol–water partition coefficient (Wildman–Crippen LogP) is 1.01. The summed E-state index contributed by atoms with van der Waals surface area (Å²) in [5.41, 5.74) is 1.64. The standard InChI is InChI=1S/C19H26FN5O2/c1-21-18(15-11-23-24(2)13-15)19(26)22-12-17(25-6-8-27-9-7-25)14-4-3-5-16(20)10-14/h3-5,10-11,13,17-18,21H,6-9,12H2,1-2H3,(H,22,26). The third kappa shape index (κ3) is 4.91. The molecule has 2 atom stereocenters. The molecule has 8 heteroatoms. The lowest BCUT2D eigenvalue weighted by Crippen LogP contribution is -2.45. The van der Waals surface area contributed by atoms with Crippen LogP contribution in [0.3, 0.4) is 0 Å². The summed E-state index contributed by atoms with van der Waals surface area (Å²) in [4.78, 5) is 15.0. The van der Waals surface area contributed by atoms with Crippen molar-refractivity contribution in [1.29, 1.82) is 0 Å². The van der Waals surface area contributed by atoms with E-state index < -0.39 is 6.04 Å². The number of rotatable bonds is 7. The van der Waals surface area contributed by atoms with Crippen LogP contribution in [0.5, 0.6) is 0 Å². The van der Waals surface area contributed by atoms with E-state index in [1.807, 2.05) is 19.3 Å². The summed E-state index contributed by atoms with van der Waals surface area (Å²) in [7, 11) is 3.55. The van der Waals surface area contributed by atoms with Gasteiger partial charge >= 0.3 is 0 Å². The lowest BCUT2D eigenvalue weighted by molar-refractivity contribution is -0.123. The number of morpholine rings is 1. The van der Waals surface area contributed by atoms with E-state index in [2.05, 4.69) is 20.6 Å². The Balaban J connectivity index is 1.72. The molecule has 2 unspecified atom stereocenters. The van der Waals surface area contributed by atoms with Gasteiger partial charge in [0.05, 0.1) is 25.5 Å². The van der Waals surface area contributed by atoms with E-state index in [9.17, 15) is 9.18 Å². The molecule has 2 N–H and O–H groups in total. The van der Waals surface area contributed by atoms with Crippen LogP contribution in [0.15, 0.2) is 36.7 Å². The SMILES string of the molecule is CNC(C(=O)NCC(c1cccc(F)c1)N1CCOCC1)c1cnn(C)c1. The third-order valence-electron chi connectivity index (χ3n) is 4.80. The molecule has 27 heavy (non-hydrogen) atoms. The van der Waals surface area contributed by atoms with Crippen molar-refractivity contribution in [2.45, 2.75) is 12.1 Å². The minimum atomic E-state index is -0.489. The molecular weight excluding hydrogens is 349 g/mol. The van der Waals surface area contributed by atoms with Crippen LogP contribution >= 0.6 is 0 Å². The molecule has 0 bridgehead atoms. The number of benzene rings is 1. The fourth-order valence-corrected chi connectivity index (χ4v) is 3.40. The number of nitrogens with one attached hydrogen (secondary N) is 2. The van der Waals surface area contributed by atoms with Crippen LogP contribution in [0.1, 0.15) is 23.2 Å². The zero-order chi connectivity index (χ0) is 19.2. The Hall–Kier alpha value is -2.29. The third-order valence-corrected chi connectivity index (χ3v) is 4.80. The van der Waals surface area contributed by atoms with Crippen molar-refractivity contribution in [3.63, 3.8) is 0 Å². The second kappa shape index (κ2) is 9.07. The molecule has 1 saturated heterocycles. The van der Waals surface area contributed by atoms with Gasteiger partial charge in [0, 0.05) is 38.4 Å². The molecule has 1 aromatic carbocycles. The monoisotopic (exact) mass is 375 g/mol. The Labute approximate surface area is 158 Å². The maximum atomic E-state index is 13.8. The first-order chi connectivity index (χ1) is 13.1. The molecule has 0 saturated carbocycles. The number of halogens is 1. The summed E-state index contributed by atoms with van der Waals surface area (Å²) < 4.78 is 20.8. The Kier molecular flexibility index (Phi) is 6.54. The lowest BCUT2D eigenvalue weighted by Gasteiger charge is -2.35. The molecule has 146 valence electrons. The van der Waals surface area contributed by atoms with Crippen molar-refractivity contribution in [3.05, 3.63) is 53.6 Å². The van der Waals surface area contributed by atoms with E-state index in [0.717, 1.165) is 24.2 Å². The number of aromatic nitrogens is 2. The van der Waals surface area contributed by atoms with Gasteiger partial charge in [-0.3, -0.25) is 14.4 Å². The zero-order valence-corrected chi connectivity index (χ0v) is 15.7. The van der Waals surface area contributed by atoms with Crippen molar-refractivity contribution in [3.8, 4) is 0 Å². The van der Waals surface area contributed by atoms with E-state index in [0.29, 0.717) is 19.8 Å². The van der Waals surface area contributed by atoms with Gasteiger partial charge in [-0.2, -0.15) is 5.10 Å². The summed E-state index contributed by atoms with van der Waals surface area (Å²) in [6, 6.07) is 5.95. The fourth-order valence-electron chi connectivity index (χ4n) is 3.40. The van der Waals surface area contributed by atoms with Gasteiger partial charge in [0.15, 0.2) is 0 Å². The second-order valence-electron chi connectivity index (χ2n) is 6.63. The number of ether oxygens (including phenoxy) is 1. The molecule has 0 aliphatic carbocycles. The van der Waals surface area contributed by atoms with Gasteiger partial charge in [-0.15, -0.1) is 0 Å². The van der Waals surface area contributed by atoms with Crippen LogP contribution < -0.4 is 10.6 Å². The van der Waals surface area contributed by atoms with Gasteiger partial charge in [-0.1, -0.05) is 12.1 Å². The fraction of sp³-hybridized carbons (Fsp3) is 0.474. The molecule has 1 aromatic heterocycles. The molecule has 2 aromatic rings. The average Bonchev–Trinajstić information content (AvgIpc) is 3.09. The molecule has 1 amide bonds. The highest BCUT2D eigenvalue weighted by Gasteiger charge is 2.26. The van der Waals surface area contributed by atoms with E-state index in [4.69, 9.17) is 4.74 Å². The molecule has 2 heterocycles. The van der Waals surface area contributed by atoms with Gasteiger partial charge < -0.3 is 15.4 Å². The van der Waals surface area contributed by atoms with Gasteiger partial charge in [0.1, 0.15) is 11.9 Å². The second-order valence-corrected chi connectivity index (χ2v) is 6.63. The van der Waals surface area contributed by atoms with Crippen molar-refractivity contribution in [2.24, 2.45) is 7.05 Å². The highest BCUT2D eigenvalue weighted by Crippen LogP contribution is 2.22. The molecule has 3 rings (SSSR count). The van der Waals surface area contributed by atoms with Gasteiger partial charge in [0.2, 0.25) is 5.91 Å². The van der Waals surface area contributed by atoms with Crippen molar-refractivity contribution >= 4 is 5.91 Å². The number of carbonyl (C=O) groups is 1. The van der Waals surface area contributed by atoms with Crippen LogP contribution in [0, 0.1) is 5.82 Å². The summed E-state index contributed by atoms with van der Waals surface area (Å²) in [6.07, 6.45) is 3.49. The highest BCUT2D eigenvalue weighted by molar-refractivity contribution is 5.83. The molecule has 1 aliphatic heterocycles. The number of nitrogens with zero attached hydrogens (tertiary/aromatic N) is 3. The van der Waals surface area contributed by atoms with Gasteiger partial charge in [-0.25, -0.2) is 4.39 Å². The number of hydrogen-bond donors (Lipinski definition) is 2. The van der Waals surface area contributed by atoms with Crippen molar-refractivity contribution in [1.82, 2.24) is 25.3 Å². The maximum Gasteiger partial charge on any atom is 0.241 e. The molecule has 7 nitrogen and oxygen atoms in total. The van der Waals surface area contributed by atoms with Gasteiger partial charge in [0.25, 0.3) is 0 Å². The Morgan fingerprint density at radius 3 is 2.74 bits per heavy atom. The van der Waals surface area contributed by atoms with Crippen molar-refractivity contribution < 1.29 is 13.9 Å². The van der Waals surface area contributed by atoms with Crippen molar-refractivity contribution in [2.75, 3.05) is 39.9 Å². The Morgan fingerprint density at radius 2 is 2.11 bits per heavy atom. The summed E-state index contributed by atoms with van der Waals surface area (Å²) >= 11 is 0. The summed E-state index contributed by atoms with van der Waals surface area (Å²) in [6.45, 7) is 3.15. The Bertz CT molecular complexity index is 760. The first-order valence-electron chi connectivity index (χ1n) is 9.09. The van der Waals surface area contributed by atoms with Crippen LogP contribution in [0.25, 0.3) is 0 Å². The smallest absolute Gasteiger partial charge is 0.241 e. The number of aryl methyl sites for hydroxylation is 1. The summed E-state index contributed by atoms with van der Waals surface area (Å²) in [5, 5.41) is 10.2. The number of amides is 1. The van der Waals surface area contributed by atoms with Crippen LogP contribution in [0.4, 0.5) is 4.39 Å². The molecular formula is C19H26FN5O2. The predicted molar refractivity (Wildman–Crippen MR) is 99.6 cm³/mol. The molecule has 1 fully saturated rings. The van der Waals surface area contributed by atoms with Crippen LogP contribution in [-0.2, 0) is 16.6 Å². The highest BCUT2D eigenvalue weighted by atomic mass is 19.1. The number of carbonyl (C=O) groups excluding carboxylic acids is 1. The minimum absolute atomic E-state index is 0.111. The largest absolute Gasteiger partial charge is 0.379 e. The number of likely N-dealkylation sites (N-methyl/N-ethyl adjacent to an activating group) is 1. The Morgan fingerprint density at radius 1 is 1.33 bits per heavy atom. The van der Waals surface area contributed by atoms with Crippen LogP contribution in [-0.4, -0.2) is 60.5 Å². The first-order valence-corrected chi connectivity index (χ1v) is 9.09. The summed E-state index contributed by atoms with van der Waals surface area (Å²) in [5.74, 6) is -0.416. The quantitative estimate of drug-likeness (QED) is 0.756. The topological polar surface area (TPSA) is 71.4 Å². The van der Waals surface area contributed by atoms with Crippen LogP contribution in [0.2, 0.25) is 0 Å². The minimum Gasteiger partial charge on any atom is -0.379 e. The lowest BCUT2D eigenvalue weighted by atomic mass is 10.0. The zero-order valence-electron chi connectivity index (χ0n) is 15.7. The van der Waals surface area contributed by atoms with E-state index in [-0.39, 0.29) is 17.8 Å². The van der Waals surface area contributed by atoms with Gasteiger partial charge in [-0.05, 0) is 24.7 Å². The maximum absolute atomic E-state index is 13.8. The molecule has 0 spiro atoms. The molecule has 0 radical (unpaired) electrons. The first kappa shape index (κ1) is 19.5. The van der Waals surface area contributed by atoms with E-state index in [1.54, 1.807) is 24.0 Å². The van der Waals surface area contributed by atoms with E-state index in [1.165, 1.54) is 12.1 Å². The normalized spacial score (nSPS) is 17.4. The van der Waals surface area contributed by atoms with E-state index >= 15 is 0 Å². The number of hydrogen-bond acceptors (Lipinski definition) is 5. The molecule has 1 aliphatic rings.